The maximum Gasteiger partial charge on any atom is 0.253 e. The molecule has 2 saturated carbocycles. The molecule has 3 atom stereocenters. The summed E-state index contributed by atoms with van der Waals surface area (Å²) in [6.45, 7) is 3.84. The lowest BCUT2D eigenvalue weighted by Crippen LogP contribution is -2.60. The fourth-order valence-corrected chi connectivity index (χ4v) is 5.26. The SMILES string of the molecule is CC[C@@]1(F)CC[C@](C)(N)C[C@@H]1N(c1ncc(-c2ccc(-c3cc(F)n(C)c(=O)c3)cc2O)nn1)C1CC1. The molecule has 0 bridgehead atoms. The number of alkyl halides is 1. The number of hydrogen-bond acceptors (Lipinski definition) is 7. The molecule has 1 aromatic carbocycles. The maximum atomic E-state index is 16.0. The Kier molecular flexibility index (Phi) is 6.26. The molecule has 0 unspecified atom stereocenters. The van der Waals surface area contributed by atoms with E-state index < -0.39 is 28.8 Å². The predicted molar refractivity (Wildman–Crippen MR) is 137 cm³/mol. The number of aromatic hydroxyl groups is 1. The summed E-state index contributed by atoms with van der Waals surface area (Å²) < 4.78 is 31.0. The molecule has 10 heteroatoms. The second kappa shape index (κ2) is 9.16. The highest BCUT2D eigenvalue weighted by molar-refractivity contribution is 5.73. The lowest BCUT2D eigenvalue weighted by molar-refractivity contribution is 0.0440. The molecule has 0 spiro atoms. The Labute approximate surface area is 214 Å². The number of hydrogen-bond donors (Lipinski definition) is 2. The van der Waals surface area contributed by atoms with Gasteiger partial charge in [-0.25, -0.2) is 9.37 Å². The molecule has 2 aromatic heterocycles. The van der Waals surface area contributed by atoms with Gasteiger partial charge in [0.05, 0.1) is 12.2 Å². The molecule has 2 heterocycles. The molecule has 37 heavy (non-hydrogen) atoms. The number of aromatic nitrogens is 4. The van der Waals surface area contributed by atoms with Gasteiger partial charge in [-0.2, -0.15) is 4.39 Å². The summed E-state index contributed by atoms with van der Waals surface area (Å²) in [5, 5.41) is 19.3. The highest BCUT2D eigenvalue weighted by atomic mass is 19.1. The molecule has 8 nitrogen and oxygen atoms in total. The predicted octanol–water partition coefficient (Wildman–Crippen LogP) is 4.11. The second-order valence-electron chi connectivity index (χ2n) is 10.7. The van der Waals surface area contributed by atoms with E-state index in [1.807, 2.05) is 18.7 Å². The average Bonchev–Trinajstić information content (AvgIpc) is 3.70. The highest BCUT2D eigenvalue weighted by Crippen LogP contribution is 2.45. The third-order valence-electron chi connectivity index (χ3n) is 7.82. The molecule has 0 amide bonds. The Bertz CT molecular complexity index is 1370. The molecular weight excluding hydrogens is 478 g/mol. The number of benzene rings is 1. The molecule has 3 N–H and O–H groups in total. The van der Waals surface area contributed by atoms with Gasteiger partial charge in [-0.3, -0.25) is 9.36 Å². The van der Waals surface area contributed by atoms with Crippen LogP contribution in [0.25, 0.3) is 22.4 Å². The first kappa shape index (κ1) is 25.3. The lowest BCUT2D eigenvalue weighted by atomic mass is 9.71. The van der Waals surface area contributed by atoms with Crippen LogP contribution in [-0.4, -0.2) is 48.1 Å². The van der Waals surface area contributed by atoms with E-state index in [9.17, 15) is 14.3 Å². The van der Waals surface area contributed by atoms with Crippen molar-refractivity contribution in [3.8, 4) is 28.1 Å². The summed E-state index contributed by atoms with van der Waals surface area (Å²) in [7, 11) is 1.35. The Morgan fingerprint density at radius 2 is 1.95 bits per heavy atom. The second-order valence-corrected chi connectivity index (χ2v) is 10.7. The zero-order valence-electron chi connectivity index (χ0n) is 21.3. The Hall–Kier alpha value is -3.40. The van der Waals surface area contributed by atoms with E-state index >= 15 is 4.39 Å². The zero-order chi connectivity index (χ0) is 26.5. The topological polar surface area (TPSA) is 110 Å². The standard InChI is InChI=1S/C27H32F2N6O2/c1-4-27(29)10-9-26(2,30)14-22(27)35(18-6-7-18)25-31-15-20(32-33-25)19-8-5-16(11-21(19)36)17-12-23(28)34(3)24(37)13-17/h5,8,11-13,15,18,22,36H,4,6-7,9-10,14,30H2,1-3H3/t22-,26-,27+/m0/s1. The molecule has 196 valence electrons. The first-order valence-electron chi connectivity index (χ1n) is 12.7. The number of rotatable bonds is 6. The van der Waals surface area contributed by atoms with Crippen LogP contribution in [0, 0.1) is 5.95 Å². The van der Waals surface area contributed by atoms with Crippen molar-refractivity contribution < 1.29 is 13.9 Å². The minimum Gasteiger partial charge on any atom is -0.507 e. The van der Waals surface area contributed by atoms with Gasteiger partial charge in [-0.1, -0.05) is 13.0 Å². The van der Waals surface area contributed by atoms with Crippen molar-refractivity contribution in [1.29, 1.82) is 0 Å². The van der Waals surface area contributed by atoms with Crippen molar-refractivity contribution in [1.82, 2.24) is 19.7 Å². The average molecular weight is 511 g/mol. The van der Waals surface area contributed by atoms with E-state index in [2.05, 4.69) is 15.2 Å². The number of nitrogens with zero attached hydrogens (tertiary/aromatic N) is 5. The van der Waals surface area contributed by atoms with Crippen LogP contribution < -0.4 is 16.2 Å². The normalized spacial score (nSPS) is 25.7. The number of nitrogens with two attached hydrogens (primary N) is 1. The monoisotopic (exact) mass is 510 g/mol. The minimum atomic E-state index is -1.38. The van der Waals surface area contributed by atoms with Crippen molar-refractivity contribution in [3.63, 3.8) is 0 Å². The van der Waals surface area contributed by atoms with Gasteiger partial charge < -0.3 is 15.7 Å². The first-order valence-corrected chi connectivity index (χ1v) is 12.7. The molecule has 2 aliphatic rings. The van der Waals surface area contributed by atoms with Crippen LogP contribution in [0.15, 0.2) is 41.3 Å². The van der Waals surface area contributed by atoms with E-state index in [0.717, 1.165) is 17.4 Å². The molecule has 0 saturated heterocycles. The third kappa shape index (κ3) is 4.82. The molecule has 5 rings (SSSR count). The van der Waals surface area contributed by atoms with Crippen LogP contribution in [-0.2, 0) is 7.05 Å². The molecule has 2 aliphatic carbocycles. The van der Waals surface area contributed by atoms with Crippen LogP contribution in [0.1, 0.15) is 52.4 Å². The zero-order valence-corrected chi connectivity index (χ0v) is 21.3. The van der Waals surface area contributed by atoms with E-state index in [-0.39, 0.29) is 11.8 Å². The molecule has 0 aliphatic heterocycles. The van der Waals surface area contributed by atoms with Gasteiger partial charge in [0.2, 0.25) is 5.95 Å². The van der Waals surface area contributed by atoms with Crippen molar-refractivity contribution in [2.75, 3.05) is 4.90 Å². The van der Waals surface area contributed by atoms with Gasteiger partial charge in [0.15, 0.2) is 5.95 Å². The van der Waals surface area contributed by atoms with Gasteiger partial charge >= 0.3 is 0 Å². The number of phenolic OH excluding ortho intramolecular Hbond substituents is 1. The summed E-state index contributed by atoms with van der Waals surface area (Å²) in [5.41, 5.74) is 5.69. The van der Waals surface area contributed by atoms with Crippen LogP contribution in [0.5, 0.6) is 5.75 Å². The van der Waals surface area contributed by atoms with Crippen molar-refractivity contribution in [2.24, 2.45) is 12.8 Å². The first-order chi connectivity index (χ1) is 17.5. The molecular formula is C27H32F2N6O2. The largest absolute Gasteiger partial charge is 0.507 e. The van der Waals surface area contributed by atoms with Crippen LogP contribution >= 0.6 is 0 Å². The number of pyridine rings is 1. The lowest BCUT2D eigenvalue weighted by Gasteiger charge is -2.49. The number of halogens is 2. The summed E-state index contributed by atoms with van der Waals surface area (Å²) in [6.07, 6.45) is 5.31. The quantitative estimate of drug-likeness (QED) is 0.480. The third-order valence-corrected chi connectivity index (χ3v) is 7.82. The van der Waals surface area contributed by atoms with Gasteiger partial charge in [0, 0.05) is 30.3 Å². The Morgan fingerprint density at radius 1 is 1.19 bits per heavy atom. The molecule has 0 radical (unpaired) electrons. The smallest absolute Gasteiger partial charge is 0.253 e. The summed E-state index contributed by atoms with van der Waals surface area (Å²) in [6, 6.07) is 6.98. The van der Waals surface area contributed by atoms with Crippen molar-refractivity contribution >= 4 is 5.95 Å². The molecule has 3 aromatic rings. The Balaban J connectivity index is 1.44. The molecule has 2 fully saturated rings. The fraction of sp³-hybridized carbons (Fsp3) is 0.481. The summed E-state index contributed by atoms with van der Waals surface area (Å²) in [4.78, 5) is 18.5. The van der Waals surface area contributed by atoms with Gasteiger partial charge in [-0.15, -0.1) is 10.2 Å². The Morgan fingerprint density at radius 3 is 2.54 bits per heavy atom. The minimum absolute atomic E-state index is 0.110. The van der Waals surface area contributed by atoms with E-state index in [4.69, 9.17) is 5.73 Å². The van der Waals surface area contributed by atoms with Crippen LogP contribution in [0.2, 0.25) is 0 Å². The van der Waals surface area contributed by atoms with Gasteiger partial charge in [-0.05, 0) is 74.8 Å². The van der Waals surface area contributed by atoms with Gasteiger partial charge in [0.25, 0.3) is 5.56 Å². The maximum absolute atomic E-state index is 16.0. The van der Waals surface area contributed by atoms with E-state index in [1.54, 1.807) is 12.1 Å². The highest BCUT2D eigenvalue weighted by Gasteiger charge is 2.52. The van der Waals surface area contributed by atoms with Crippen LogP contribution in [0.3, 0.4) is 0 Å². The van der Waals surface area contributed by atoms with E-state index in [0.29, 0.717) is 54.0 Å². The van der Waals surface area contributed by atoms with Crippen molar-refractivity contribution in [2.45, 2.75) is 75.7 Å². The van der Waals surface area contributed by atoms with Crippen LogP contribution in [0.4, 0.5) is 14.7 Å². The van der Waals surface area contributed by atoms with E-state index in [1.165, 1.54) is 31.4 Å². The fourth-order valence-electron chi connectivity index (χ4n) is 5.26. The summed E-state index contributed by atoms with van der Waals surface area (Å²) >= 11 is 0. The number of phenols is 1. The van der Waals surface area contributed by atoms with Gasteiger partial charge in [0.1, 0.15) is 17.1 Å². The number of anilines is 1. The summed E-state index contributed by atoms with van der Waals surface area (Å²) in [5.74, 6) is -0.428. The van der Waals surface area contributed by atoms with Crippen molar-refractivity contribution in [3.05, 3.63) is 52.8 Å².